The smallest absolute Gasteiger partial charge is 0.252 e. The van der Waals surface area contributed by atoms with Crippen LogP contribution in [0.5, 0.6) is 5.75 Å². The number of hydrogen-bond acceptors (Lipinski definition) is 4. The zero-order valence-electron chi connectivity index (χ0n) is 14.5. The van der Waals surface area contributed by atoms with Crippen molar-refractivity contribution in [1.82, 2.24) is 5.32 Å². The van der Waals surface area contributed by atoms with Gasteiger partial charge in [0.15, 0.2) is 0 Å². The predicted octanol–water partition coefficient (Wildman–Crippen LogP) is 3.07. The van der Waals surface area contributed by atoms with Gasteiger partial charge in [0.05, 0.1) is 24.5 Å². The van der Waals surface area contributed by atoms with Gasteiger partial charge in [0.2, 0.25) is 5.91 Å². The minimum absolute atomic E-state index is 0.131. The molecule has 0 fully saturated rings. The lowest BCUT2D eigenvalue weighted by molar-refractivity contribution is -0.115. The summed E-state index contributed by atoms with van der Waals surface area (Å²) < 4.78 is 5.39. The van der Waals surface area contributed by atoms with Crippen LogP contribution in [0.2, 0.25) is 0 Å². The van der Waals surface area contributed by atoms with Crippen LogP contribution in [0.15, 0.2) is 47.4 Å². The zero-order valence-corrected chi connectivity index (χ0v) is 15.4. The van der Waals surface area contributed by atoms with E-state index >= 15 is 0 Å². The van der Waals surface area contributed by atoms with Crippen molar-refractivity contribution in [1.29, 1.82) is 0 Å². The molecule has 0 aliphatic rings. The Morgan fingerprint density at radius 1 is 1.24 bits per heavy atom. The van der Waals surface area contributed by atoms with Crippen molar-refractivity contribution >= 4 is 23.6 Å². The molecule has 0 saturated heterocycles. The van der Waals surface area contributed by atoms with E-state index in [2.05, 4.69) is 5.32 Å². The van der Waals surface area contributed by atoms with Gasteiger partial charge < -0.3 is 15.8 Å². The van der Waals surface area contributed by atoms with Crippen molar-refractivity contribution in [2.45, 2.75) is 24.8 Å². The van der Waals surface area contributed by atoms with Crippen LogP contribution in [-0.4, -0.2) is 24.7 Å². The van der Waals surface area contributed by atoms with Crippen LogP contribution < -0.4 is 15.8 Å². The van der Waals surface area contributed by atoms with Crippen molar-refractivity contribution < 1.29 is 14.3 Å². The molecule has 0 aliphatic carbocycles. The molecule has 132 valence electrons. The first-order valence-corrected chi connectivity index (χ1v) is 8.86. The van der Waals surface area contributed by atoms with Crippen LogP contribution in [-0.2, 0) is 4.79 Å². The number of nitrogens with one attached hydrogen (secondary N) is 1. The fraction of sp³-hybridized carbons (Fsp3) is 0.263. The number of nitrogens with two attached hydrogens (primary N) is 1. The third-order valence-corrected chi connectivity index (χ3v) is 4.80. The fourth-order valence-electron chi connectivity index (χ4n) is 2.47. The molecular formula is C19H22N2O3S. The van der Waals surface area contributed by atoms with E-state index in [0.717, 1.165) is 21.8 Å². The molecule has 2 aromatic carbocycles. The van der Waals surface area contributed by atoms with Crippen molar-refractivity contribution in [2.24, 2.45) is 5.73 Å². The summed E-state index contributed by atoms with van der Waals surface area (Å²) in [5.74, 6) is 0.238. The summed E-state index contributed by atoms with van der Waals surface area (Å²) >= 11 is 1.26. The van der Waals surface area contributed by atoms with Crippen LogP contribution in [0.3, 0.4) is 0 Å². The van der Waals surface area contributed by atoms with Gasteiger partial charge in [-0.25, -0.2) is 0 Å². The summed E-state index contributed by atoms with van der Waals surface area (Å²) in [6.45, 7) is 3.90. The maximum atomic E-state index is 12.7. The Balaban J connectivity index is 2.20. The Bertz CT molecular complexity index is 777. The number of primary amides is 1. The molecule has 2 amide bonds. The maximum Gasteiger partial charge on any atom is 0.252 e. The van der Waals surface area contributed by atoms with E-state index in [-0.39, 0.29) is 17.7 Å². The number of ether oxygens (including phenoxy) is 1. The van der Waals surface area contributed by atoms with Gasteiger partial charge in [-0.15, -0.1) is 11.8 Å². The van der Waals surface area contributed by atoms with Crippen LogP contribution in [0, 0.1) is 6.92 Å². The molecule has 1 unspecified atom stereocenters. The number of carbonyl (C=O) groups excluding carboxylic acids is 2. The molecule has 2 rings (SSSR count). The molecule has 0 spiro atoms. The third kappa shape index (κ3) is 5.00. The quantitative estimate of drug-likeness (QED) is 0.745. The second-order valence-corrected chi connectivity index (χ2v) is 6.71. The molecule has 0 aromatic heterocycles. The highest BCUT2D eigenvalue weighted by molar-refractivity contribution is 8.00. The second-order valence-electron chi connectivity index (χ2n) is 5.69. The molecule has 6 heteroatoms. The summed E-state index contributed by atoms with van der Waals surface area (Å²) in [7, 11) is 1.61. The highest BCUT2D eigenvalue weighted by Crippen LogP contribution is 2.27. The fourth-order valence-corrected chi connectivity index (χ4v) is 3.26. The number of aryl methyl sites for hydroxylation is 1. The third-order valence-electron chi connectivity index (χ3n) is 3.70. The highest BCUT2D eigenvalue weighted by atomic mass is 32.2. The number of benzene rings is 2. The first-order chi connectivity index (χ1) is 11.9. The van der Waals surface area contributed by atoms with Crippen LogP contribution in [0.4, 0.5) is 0 Å². The van der Waals surface area contributed by atoms with Gasteiger partial charge >= 0.3 is 0 Å². The lowest BCUT2D eigenvalue weighted by Crippen LogP contribution is -2.27. The average Bonchev–Trinajstić information content (AvgIpc) is 2.60. The van der Waals surface area contributed by atoms with E-state index in [0.29, 0.717) is 5.56 Å². The Hall–Kier alpha value is -2.47. The standard InChI is InChI=1S/C19H22N2O3S/c1-12-8-9-16(24-3)15(10-12)13(2)21-19(23)14-6-4-5-7-17(14)25-11-18(20)22/h4-10,13H,11H2,1-3H3,(H2,20,22)(H,21,23). The Morgan fingerprint density at radius 2 is 1.96 bits per heavy atom. The number of rotatable bonds is 7. The molecule has 5 nitrogen and oxygen atoms in total. The van der Waals surface area contributed by atoms with Crippen molar-refractivity contribution in [3.05, 3.63) is 59.2 Å². The Morgan fingerprint density at radius 3 is 2.64 bits per heavy atom. The SMILES string of the molecule is COc1ccc(C)cc1C(C)NC(=O)c1ccccc1SCC(N)=O. The molecule has 25 heavy (non-hydrogen) atoms. The monoisotopic (exact) mass is 358 g/mol. The summed E-state index contributed by atoms with van der Waals surface area (Å²) in [6, 6.07) is 12.8. The Labute approximate surface area is 151 Å². The molecule has 2 aromatic rings. The van der Waals surface area contributed by atoms with Crippen molar-refractivity contribution in [3.8, 4) is 5.75 Å². The largest absolute Gasteiger partial charge is 0.496 e. The van der Waals surface area contributed by atoms with Gasteiger partial charge in [-0.1, -0.05) is 29.8 Å². The first-order valence-electron chi connectivity index (χ1n) is 7.88. The van der Waals surface area contributed by atoms with Crippen LogP contribution in [0.25, 0.3) is 0 Å². The lowest BCUT2D eigenvalue weighted by atomic mass is 10.0. The van der Waals surface area contributed by atoms with Gasteiger partial charge in [0.1, 0.15) is 5.75 Å². The molecule has 0 bridgehead atoms. The van der Waals surface area contributed by atoms with Gasteiger partial charge in [-0.2, -0.15) is 0 Å². The summed E-state index contributed by atoms with van der Waals surface area (Å²) in [4.78, 5) is 24.4. The van der Waals surface area contributed by atoms with Gasteiger partial charge in [-0.05, 0) is 32.0 Å². The summed E-state index contributed by atoms with van der Waals surface area (Å²) in [5, 5.41) is 2.99. The first kappa shape index (κ1) is 18.9. The zero-order chi connectivity index (χ0) is 18.4. The van der Waals surface area contributed by atoms with Crippen LogP contribution >= 0.6 is 11.8 Å². The molecular weight excluding hydrogens is 336 g/mol. The van der Waals surface area contributed by atoms with Gasteiger partial charge in [0, 0.05) is 10.5 Å². The minimum atomic E-state index is -0.418. The van der Waals surface area contributed by atoms with Gasteiger partial charge in [-0.3, -0.25) is 9.59 Å². The topological polar surface area (TPSA) is 81.4 Å². The van der Waals surface area contributed by atoms with Crippen LogP contribution in [0.1, 0.15) is 34.5 Å². The van der Waals surface area contributed by atoms with Gasteiger partial charge in [0.25, 0.3) is 5.91 Å². The molecule has 0 radical (unpaired) electrons. The molecule has 0 aliphatic heterocycles. The predicted molar refractivity (Wildman–Crippen MR) is 100.0 cm³/mol. The van der Waals surface area contributed by atoms with Crippen molar-refractivity contribution in [2.75, 3.05) is 12.9 Å². The average molecular weight is 358 g/mol. The Kier molecular flexibility index (Phi) is 6.47. The normalized spacial score (nSPS) is 11.6. The number of hydrogen-bond donors (Lipinski definition) is 2. The number of carbonyl (C=O) groups is 2. The number of amides is 2. The maximum absolute atomic E-state index is 12.7. The van der Waals surface area contributed by atoms with E-state index < -0.39 is 5.91 Å². The van der Waals surface area contributed by atoms with E-state index in [1.807, 2.05) is 38.1 Å². The minimum Gasteiger partial charge on any atom is -0.496 e. The molecule has 0 saturated carbocycles. The number of methoxy groups -OCH3 is 1. The van der Waals surface area contributed by atoms with E-state index in [9.17, 15) is 9.59 Å². The highest BCUT2D eigenvalue weighted by Gasteiger charge is 2.17. The lowest BCUT2D eigenvalue weighted by Gasteiger charge is -2.19. The molecule has 1 atom stereocenters. The summed E-state index contributed by atoms with van der Waals surface area (Å²) in [5.41, 5.74) is 7.72. The second kappa shape index (κ2) is 8.58. The molecule has 3 N–H and O–H groups in total. The van der Waals surface area contributed by atoms with Crippen molar-refractivity contribution in [3.63, 3.8) is 0 Å². The molecule has 0 heterocycles. The van der Waals surface area contributed by atoms with E-state index in [1.165, 1.54) is 11.8 Å². The summed E-state index contributed by atoms with van der Waals surface area (Å²) in [6.07, 6.45) is 0. The number of thioether (sulfide) groups is 1. The van der Waals surface area contributed by atoms with E-state index in [1.54, 1.807) is 25.3 Å². The van der Waals surface area contributed by atoms with E-state index in [4.69, 9.17) is 10.5 Å².